The topological polar surface area (TPSA) is 50.4 Å². The molecule has 6 heteroatoms. The van der Waals surface area contributed by atoms with E-state index in [1.165, 1.54) is 4.90 Å². The van der Waals surface area contributed by atoms with Crippen molar-refractivity contribution in [2.24, 2.45) is 0 Å². The lowest BCUT2D eigenvalue weighted by Gasteiger charge is -2.35. The molecule has 1 amide bonds. The quantitative estimate of drug-likeness (QED) is 0.738. The maximum Gasteiger partial charge on any atom is 0.252 e. The Morgan fingerprint density at radius 3 is 2.64 bits per heavy atom. The first-order chi connectivity index (χ1) is 10.6. The van der Waals surface area contributed by atoms with Crippen molar-refractivity contribution < 1.29 is 9.53 Å². The van der Waals surface area contributed by atoms with Gasteiger partial charge in [-0.15, -0.1) is 11.8 Å². The molecule has 22 heavy (non-hydrogen) atoms. The smallest absolute Gasteiger partial charge is 0.252 e. The predicted molar refractivity (Wildman–Crippen MR) is 94.3 cm³/mol. The largest absolute Gasteiger partial charge is 0.368 e. The molecule has 1 unspecified atom stereocenters. The Hall–Kier alpha value is -0.560. The first-order valence-electron chi connectivity index (χ1n) is 7.52. The lowest BCUT2D eigenvalue weighted by molar-refractivity contribution is -0.146. The maximum atomic E-state index is 12.5. The molecule has 0 aromatic heterocycles. The van der Waals surface area contributed by atoms with Gasteiger partial charge in [-0.25, -0.2) is 0 Å². The molecule has 2 rings (SSSR count). The van der Waals surface area contributed by atoms with Crippen LogP contribution >= 0.6 is 27.7 Å². The molecule has 0 saturated carbocycles. The zero-order chi connectivity index (χ0) is 16.0. The SMILES string of the molecule is COC1(C(=O)NCC(C)Sc2ccc(Br)cc2)CCNCC1. The number of piperidine rings is 1. The first-order valence-corrected chi connectivity index (χ1v) is 9.19. The monoisotopic (exact) mass is 386 g/mol. The lowest BCUT2D eigenvalue weighted by Crippen LogP contribution is -2.54. The van der Waals surface area contributed by atoms with Gasteiger partial charge < -0.3 is 15.4 Å². The van der Waals surface area contributed by atoms with E-state index in [-0.39, 0.29) is 5.91 Å². The number of thioether (sulfide) groups is 1. The highest BCUT2D eigenvalue weighted by Gasteiger charge is 2.39. The highest BCUT2D eigenvalue weighted by Crippen LogP contribution is 2.25. The minimum atomic E-state index is -0.659. The van der Waals surface area contributed by atoms with E-state index >= 15 is 0 Å². The van der Waals surface area contributed by atoms with Gasteiger partial charge in [-0.05, 0) is 50.2 Å². The van der Waals surface area contributed by atoms with Crippen molar-refractivity contribution in [3.8, 4) is 0 Å². The van der Waals surface area contributed by atoms with E-state index in [9.17, 15) is 4.79 Å². The Morgan fingerprint density at radius 2 is 2.05 bits per heavy atom. The molecular formula is C16H23BrN2O2S. The number of methoxy groups -OCH3 is 1. The summed E-state index contributed by atoms with van der Waals surface area (Å²) in [5, 5.41) is 6.62. The average Bonchev–Trinajstić information content (AvgIpc) is 2.55. The number of amides is 1. The predicted octanol–water partition coefficient (Wildman–Crippen LogP) is 2.81. The molecule has 1 aliphatic heterocycles. The van der Waals surface area contributed by atoms with Crippen molar-refractivity contribution in [3.63, 3.8) is 0 Å². The molecule has 1 aromatic rings. The summed E-state index contributed by atoms with van der Waals surface area (Å²) >= 11 is 5.19. The van der Waals surface area contributed by atoms with E-state index in [0.717, 1.165) is 30.4 Å². The summed E-state index contributed by atoms with van der Waals surface area (Å²) in [6.07, 6.45) is 1.45. The molecule has 0 spiro atoms. The minimum absolute atomic E-state index is 0.0137. The lowest BCUT2D eigenvalue weighted by atomic mass is 9.91. The van der Waals surface area contributed by atoms with Gasteiger partial charge in [0.25, 0.3) is 5.91 Å². The van der Waals surface area contributed by atoms with E-state index in [2.05, 4.69) is 45.6 Å². The molecule has 2 N–H and O–H groups in total. The number of ether oxygens (including phenoxy) is 1. The number of benzene rings is 1. The molecule has 1 aliphatic rings. The van der Waals surface area contributed by atoms with Crippen LogP contribution in [0.3, 0.4) is 0 Å². The molecule has 1 aromatic carbocycles. The van der Waals surface area contributed by atoms with Crippen LogP contribution in [0.4, 0.5) is 0 Å². The Morgan fingerprint density at radius 1 is 1.41 bits per heavy atom. The molecular weight excluding hydrogens is 364 g/mol. The van der Waals surface area contributed by atoms with Gasteiger partial charge in [0.1, 0.15) is 5.60 Å². The average molecular weight is 387 g/mol. The Balaban J connectivity index is 1.83. The molecule has 122 valence electrons. The summed E-state index contributed by atoms with van der Waals surface area (Å²) in [4.78, 5) is 13.7. The third kappa shape index (κ3) is 4.72. The van der Waals surface area contributed by atoms with Crippen LogP contribution in [0.2, 0.25) is 0 Å². The number of halogens is 1. The molecule has 0 bridgehead atoms. The van der Waals surface area contributed by atoms with Crippen molar-refractivity contribution in [1.82, 2.24) is 10.6 Å². The van der Waals surface area contributed by atoms with E-state index in [0.29, 0.717) is 11.8 Å². The summed E-state index contributed by atoms with van der Waals surface area (Å²) in [5.74, 6) is 0.0137. The van der Waals surface area contributed by atoms with E-state index in [4.69, 9.17) is 4.74 Å². The van der Waals surface area contributed by atoms with Crippen LogP contribution < -0.4 is 10.6 Å². The van der Waals surface area contributed by atoms with Gasteiger partial charge in [0.2, 0.25) is 0 Å². The highest BCUT2D eigenvalue weighted by atomic mass is 79.9. The van der Waals surface area contributed by atoms with Gasteiger partial charge in [0.05, 0.1) is 0 Å². The maximum absolute atomic E-state index is 12.5. The summed E-state index contributed by atoms with van der Waals surface area (Å²) in [6, 6.07) is 8.22. The third-order valence-corrected chi connectivity index (χ3v) is 5.56. The third-order valence-electron chi connectivity index (χ3n) is 3.92. The Labute approximate surface area is 144 Å². The molecule has 0 radical (unpaired) electrons. The fourth-order valence-electron chi connectivity index (χ4n) is 2.54. The van der Waals surface area contributed by atoms with Crippen molar-refractivity contribution in [2.45, 2.75) is 35.5 Å². The van der Waals surface area contributed by atoms with E-state index < -0.39 is 5.60 Å². The van der Waals surface area contributed by atoms with Crippen LogP contribution in [-0.4, -0.2) is 43.5 Å². The second kappa shape index (κ2) is 8.34. The number of rotatable bonds is 6. The van der Waals surface area contributed by atoms with Crippen LogP contribution in [0.5, 0.6) is 0 Å². The van der Waals surface area contributed by atoms with Crippen LogP contribution in [0.1, 0.15) is 19.8 Å². The second-order valence-corrected chi connectivity index (χ2v) is 7.97. The number of hydrogen-bond donors (Lipinski definition) is 2. The summed E-state index contributed by atoms with van der Waals surface area (Å²) in [7, 11) is 1.63. The minimum Gasteiger partial charge on any atom is -0.368 e. The molecule has 1 atom stereocenters. The number of carbonyl (C=O) groups excluding carboxylic acids is 1. The van der Waals surface area contributed by atoms with Crippen LogP contribution in [0.25, 0.3) is 0 Å². The fraction of sp³-hybridized carbons (Fsp3) is 0.562. The zero-order valence-corrected chi connectivity index (χ0v) is 15.4. The van der Waals surface area contributed by atoms with Gasteiger partial charge in [-0.1, -0.05) is 22.9 Å². The number of carbonyl (C=O) groups is 1. The van der Waals surface area contributed by atoms with Crippen LogP contribution in [0, 0.1) is 0 Å². The molecule has 4 nitrogen and oxygen atoms in total. The Bertz CT molecular complexity index is 489. The summed E-state index contributed by atoms with van der Waals surface area (Å²) < 4.78 is 6.62. The number of hydrogen-bond acceptors (Lipinski definition) is 4. The summed E-state index contributed by atoms with van der Waals surface area (Å²) in [6.45, 7) is 4.40. The first kappa shape index (κ1) is 17.8. The van der Waals surface area contributed by atoms with Gasteiger partial charge in [0.15, 0.2) is 0 Å². The van der Waals surface area contributed by atoms with Crippen molar-refractivity contribution >= 4 is 33.6 Å². The van der Waals surface area contributed by atoms with Gasteiger partial charge in [-0.2, -0.15) is 0 Å². The fourth-order valence-corrected chi connectivity index (χ4v) is 3.73. The van der Waals surface area contributed by atoms with E-state index in [1.807, 2.05) is 12.1 Å². The number of nitrogens with one attached hydrogen (secondary N) is 2. The molecule has 1 fully saturated rings. The van der Waals surface area contributed by atoms with Gasteiger partial charge >= 0.3 is 0 Å². The van der Waals surface area contributed by atoms with Crippen LogP contribution in [-0.2, 0) is 9.53 Å². The van der Waals surface area contributed by atoms with Crippen molar-refractivity contribution in [3.05, 3.63) is 28.7 Å². The highest BCUT2D eigenvalue weighted by molar-refractivity contribution is 9.10. The summed E-state index contributed by atoms with van der Waals surface area (Å²) in [5.41, 5.74) is -0.659. The molecule has 1 saturated heterocycles. The van der Waals surface area contributed by atoms with Gasteiger partial charge in [-0.3, -0.25) is 4.79 Å². The zero-order valence-electron chi connectivity index (χ0n) is 13.0. The second-order valence-electron chi connectivity index (χ2n) is 5.54. The normalized spacial score (nSPS) is 18.7. The van der Waals surface area contributed by atoms with Gasteiger partial charge in [0, 0.05) is 28.3 Å². The molecule has 1 heterocycles. The van der Waals surface area contributed by atoms with Crippen LogP contribution in [0.15, 0.2) is 33.6 Å². The van der Waals surface area contributed by atoms with Crippen molar-refractivity contribution in [1.29, 1.82) is 0 Å². The Kier molecular flexibility index (Phi) is 6.74. The van der Waals surface area contributed by atoms with Crippen molar-refractivity contribution in [2.75, 3.05) is 26.7 Å². The standard InChI is InChI=1S/C16H23BrN2O2S/c1-12(22-14-5-3-13(17)4-6-14)11-19-15(20)16(21-2)7-9-18-10-8-16/h3-6,12,18H,7-11H2,1-2H3,(H,19,20). The van der Waals surface area contributed by atoms with E-state index in [1.54, 1.807) is 18.9 Å². The molecule has 0 aliphatic carbocycles.